The first kappa shape index (κ1) is 13.7. The fraction of sp³-hybridized carbons (Fsp3) is 0.312. The minimum atomic E-state index is -0.323. The number of carbonyl (C=O) groups excluding carboxylic acids is 1. The predicted molar refractivity (Wildman–Crippen MR) is 77.7 cm³/mol. The zero-order valence-corrected chi connectivity index (χ0v) is 11.6. The minimum absolute atomic E-state index is 0.0728. The lowest BCUT2D eigenvalue weighted by Crippen LogP contribution is -2.39. The number of anilines is 1. The van der Waals surface area contributed by atoms with Crippen molar-refractivity contribution in [1.82, 2.24) is 9.97 Å². The van der Waals surface area contributed by atoms with Gasteiger partial charge in [0.1, 0.15) is 11.6 Å². The molecule has 1 aliphatic rings. The molecule has 0 unspecified atom stereocenters. The summed E-state index contributed by atoms with van der Waals surface area (Å²) in [5.74, 6) is 0.472. The van der Waals surface area contributed by atoms with Gasteiger partial charge in [-0.05, 0) is 37.1 Å². The van der Waals surface area contributed by atoms with Gasteiger partial charge in [-0.15, -0.1) is 0 Å². The molecule has 0 spiro atoms. The topological polar surface area (TPSA) is 46.1 Å². The largest absolute Gasteiger partial charge is 0.355 e. The van der Waals surface area contributed by atoms with Crippen LogP contribution in [-0.4, -0.2) is 28.8 Å². The molecule has 1 fully saturated rings. The number of rotatable bonds is 3. The molecule has 1 aromatic heterocycles. The molecule has 0 radical (unpaired) electrons. The van der Waals surface area contributed by atoms with Crippen LogP contribution in [0.15, 0.2) is 42.9 Å². The molecule has 2 heterocycles. The highest BCUT2D eigenvalue weighted by Crippen LogP contribution is 2.24. The third-order valence-electron chi connectivity index (χ3n) is 3.79. The Bertz CT molecular complexity index is 615. The highest BCUT2D eigenvalue weighted by atomic mass is 19.1. The van der Waals surface area contributed by atoms with Gasteiger partial charge in [0, 0.05) is 37.0 Å². The molecule has 0 aliphatic carbocycles. The summed E-state index contributed by atoms with van der Waals surface area (Å²) in [5.41, 5.74) is 0.572. The van der Waals surface area contributed by atoms with Crippen LogP contribution in [-0.2, 0) is 0 Å². The number of benzene rings is 1. The van der Waals surface area contributed by atoms with Gasteiger partial charge in [0.05, 0.1) is 6.20 Å². The third-order valence-corrected chi connectivity index (χ3v) is 3.79. The monoisotopic (exact) mass is 285 g/mol. The quantitative estimate of drug-likeness (QED) is 0.813. The van der Waals surface area contributed by atoms with E-state index in [9.17, 15) is 9.18 Å². The van der Waals surface area contributed by atoms with Gasteiger partial charge in [0.25, 0.3) is 0 Å². The maximum absolute atomic E-state index is 12.9. The van der Waals surface area contributed by atoms with Crippen LogP contribution in [0.2, 0.25) is 0 Å². The van der Waals surface area contributed by atoms with Crippen molar-refractivity contribution in [3.05, 3.63) is 54.2 Å². The molecule has 1 saturated heterocycles. The average molecular weight is 285 g/mol. The lowest BCUT2D eigenvalue weighted by molar-refractivity contribution is 0.0907. The second-order valence-electron chi connectivity index (χ2n) is 5.22. The summed E-state index contributed by atoms with van der Waals surface area (Å²) in [7, 11) is 0. The molecule has 1 aliphatic heterocycles. The van der Waals surface area contributed by atoms with Crippen LogP contribution in [0, 0.1) is 11.7 Å². The average Bonchev–Trinajstić information content (AvgIpc) is 2.56. The number of ketones is 1. The van der Waals surface area contributed by atoms with Gasteiger partial charge in [-0.3, -0.25) is 9.78 Å². The van der Waals surface area contributed by atoms with Gasteiger partial charge in [0.15, 0.2) is 5.78 Å². The molecule has 0 amide bonds. The third kappa shape index (κ3) is 3.07. The number of aromatic nitrogens is 2. The first-order valence-electron chi connectivity index (χ1n) is 7.05. The fourth-order valence-corrected chi connectivity index (χ4v) is 2.70. The Kier molecular flexibility index (Phi) is 3.90. The van der Waals surface area contributed by atoms with Crippen LogP contribution in [0.1, 0.15) is 23.2 Å². The van der Waals surface area contributed by atoms with Crippen molar-refractivity contribution in [1.29, 1.82) is 0 Å². The maximum Gasteiger partial charge on any atom is 0.167 e. The Morgan fingerprint density at radius 1 is 1.24 bits per heavy atom. The number of piperidine rings is 1. The van der Waals surface area contributed by atoms with Gasteiger partial charge in [0.2, 0.25) is 0 Å². The normalized spacial score (nSPS) is 18.5. The summed E-state index contributed by atoms with van der Waals surface area (Å²) in [6.07, 6.45) is 6.79. The number of carbonyl (C=O) groups is 1. The van der Waals surface area contributed by atoms with E-state index in [0.29, 0.717) is 12.1 Å². The summed E-state index contributed by atoms with van der Waals surface area (Å²) >= 11 is 0. The predicted octanol–water partition coefficient (Wildman–Crippen LogP) is 2.72. The first-order chi connectivity index (χ1) is 10.2. The van der Waals surface area contributed by atoms with E-state index in [2.05, 4.69) is 14.9 Å². The summed E-state index contributed by atoms with van der Waals surface area (Å²) in [6, 6.07) is 5.77. The number of hydrogen-bond acceptors (Lipinski definition) is 4. The number of halogens is 1. The van der Waals surface area contributed by atoms with Crippen molar-refractivity contribution in [2.24, 2.45) is 5.92 Å². The van der Waals surface area contributed by atoms with Crippen LogP contribution in [0.25, 0.3) is 0 Å². The molecule has 0 bridgehead atoms. The second-order valence-corrected chi connectivity index (χ2v) is 5.22. The molecular formula is C16H16FN3O. The smallest absolute Gasteiger partial charge is 0.167 e. The summed E-state index contributed by atoms with van der Waals surface area (Å²) < 4.78 is 12.9. The van der Waals surface area contributed by atoms with Crippen molar-refractivity contribution < 1.29 is 9.18 Å². The molecule has 3 rings (SSSR count). The molecule has 0 saturated carbocycles. The van der Waals surface area contributed by atoms with Gasteiger partial charge < -0.3 is 4.90 Å². The SMILES string of the molecule is O=C(c1ccc(F)cc1)[C@@H]1CCCN(c2cnccn2)C1. The fourth-order valence-electron chi connectivity index (χ4n) is 2.70. The van der Waals surface area contributed by atoms with E-state index in [1.165, 1.54) is 12.1 Å². The molecule has 4 nitrogen and oxygen atoms in total. The van der Waals surface area contributed by atoms with Crippen LogP contribution in [0.3, 0.4) is 0 Å². The van der Waals surface area contributed by atoms with E-state index < -0.39 is 0 Å². The Hall–Kier alpha value is -2.30. The molecule has 2 aromatic rings. The van der Waals surface area contributed by atoms with Crippen molar-refractivity contribution in [3.63, 3.8) is 0 Å². The van der Waals surface area contributed by atoms with Gasteiger partial charge in [-0.25, -0.2) is 9.37 Å². The van der Waals surface area contributed by atoms with Crippen LogP contribution in [0.4, 0.5) is 10.2 Å². The number of Topliss-reactive ketones (excluding diaryl/α,β-unsaturated/α-hetero) is 1. The van der Waals surface area contributed by atoms with E-state index in [0.717, 1.165) is 25.2 Å². The van der Waals surface area contributed by atoms with Crippen LogP contribution < -0.4 is 4.90 Å². The first-order valence-corrected chi connectivity index (χ1v) is 7.05. The molecule has 21 heavy (non-hydrogen) atoms. The summed E-state index contributed by atoms with van der Waals surface area (Å²) in [4.78, 5) is 22.9. The second kappa shape index (κ2) is 5.99. The number of hydrogen-bond donors (Lipinski definition) is 0. The molecule has 1 atom stereocenters. The standard InChI is InChI=1S/C16H16FN3O/c17-14-5-3-12(4-6-14)16(21)13-2-1-9-20(11-13)15-10-18-7-8-19-15/h3-8,10,13H,1-2,9,11H2/t13-/m1/s1. The van der Waals surface area contributed by atoms with Crippen molar-refractivity contribution in [2.75, 3.05) is 18.0 Å². The van der Waals surface area contributed by atoms with E-state index >= 15 is 0 Å². The van der Waals surface area contributed by atoms with Crippen molar-refractivity contribution in [2.45, 2.75) is 12.8 Å². The van der Waals surface area contributed by atoms with E-state index in [4.69, 9.17) is 0 Å². The van der Waals surface area contributed by atoms with E-state index in [1.807, 2.05) is 0 Å². The lowest BCUT2D eigenvalue weighted by atomic mass is 9.90. The summed E-state index contributed by atoms with van der Waals surface area (Å²) in [5, 5.41) is 0. The molecule has 1 aromatic carbocycles. The van der Waals surface area contributed by atoms with Crippen LogP contribution >= 0.6 is 0 Å². The zero-order chi connectivity index (χ0) is 14.7. The van der Waals surface area contributed by atoms with Gasteiger partial charge in [-0.1, -0.05) is 0 Å². The highest BCUT2D eigenvalue weighted by Gasteiger charge is 2.27. The molecular weight excluding hydrogens is 269 g/mol. The van der Waals surface area contributed by atoms with Crippen LogP contribution in [0.5, 0.6) is 0 Å². The van der Waals surface area contributed by atoms with Crippen molar-refractivity contribution >= 4 is 11.6 Å². The maximum atomic E-state index is 12.9. The molecule has 108 valence electrons. The van der Waals surface area contributed by atoms with Gasteiger partial charge >= 0.3 is 0 Å². The zero-order valence-electron chi connectivity index (χ0n) is 11.6. The number of nitrogens with zero attached hydrogens (tertiary/aromatic N) is 3. The highest BCUT2D eigenvalue weighted by molar-refractivity contribution is 5.98. The van der Waals surface area contributed by atoms with Gasteiger partial charge in [-0.2, -0.15) is 0 Å². The molecule has 5 heteroatoms. The molecule has 0 N–H and O–H groups in total. The Labute approximate surface area is 122 Å². The Morgan fingerprint density at radius 3 is 2.76 bits per heavy atom. The van der Waals surface area contributed by atoms with Crippen molar-refractivity contribution in [3.8, 4) is 0 Å². The van der Waals surface area contributed by atoms with E-state index in [-0.39, 0.29) is 17.5 Å². The lowest BCUT2D eigenvalue weighted by Gasteiger charge is -2.32. The summed E-state index contributed by atoms with van der Waals surface area (Å²) in [6.45, 7) is 1.51. The Morgan fingerprint density at radius 2 is 2.05 bits per heavy atom. The Balaban J connectivity index is 1.74. The van der Waals surface area contributed by atoms with E-state index in [1.54, 1.807) is 30.7 Å². The minimum Gasteiger partial charge on any atom is -0.355 e.